The number of nitrogens with zero attached hydrogens (tertiary/aromatic N) is 1. The fourth-order valence-electron chi connectivity index (χ4n) is 3.74. The van der Waals surface area contributed by atoms with Gasteiger partial charge >= 0.3 is 5.97 Å². The monoisotopic (exact) mass is 317 g/mol. The highest BCUT2D eigenvalue weighted by Crippen LogP contribution is 2.37. The summed E-state index contributed by atoms with van der Waals surface area (Å²) in [6.45, 7) is 3.81. The number of amides is 1. The van der Waals surface area contributed by atoms with Gasteiger partial charge in [0.15, 0.2) is 0 Å². The van der Waals surface area contributed by atoms with Crippen LogP contribution < -0.4 is 0 Å². The summed E-state index contributed by atoms with van der Waals surface area (Å²) in [4.78, 5) is 26.3. The van der Waals surface area contributed by atoms with Crippen LogP contribution in [0.1, 0.15) is 31.2 Å². The lowest BCUT2D eigenvalue weighted by atomic mass is 9.83. The van der Waals surface area contributed by atoms with Gasteiger partial charge in [-0.2, -0.15) is 0 Å². The van der Waals surface area contributed by atoms with Gasteiger partial charge in [-0.25, -0.2) is 0 Å². The summed E-state index contributed by atoms with van der Waals surface area (Å²) in [7, 11) is 0. The van der Waals surface area contributed by atoms with Crippen LogP contribution in [0, 0.1) is 11.3 Å². The van der Waals surface area contributed by atoms with Gasteiger partial charge in [-0.1, -0.05) is 30.3 Å². The van der Waals surface area contributed by atoms with Gasteiger partial charge in [-0.15, -0.1) is 0 Å². The van der Waals surface area contributed by atoms with Crippen molar-refractivity contribution < 1.29 is 19.4 Å². The van der Waals surface area contributed by atoms with Crippen molar-refractivity contribution in [2.45, 2.75) is 25.7 Å². The summed E-state index contributed by atoms with van der Waals surface area (Å²) >= 11 is 0. The van der Waals surface area contributed by atoms with E-state index in [1.807, 2.05) is 37.3 Å². The Morgan fingerprint density at radius 1 is 1.26 bits per heavy atom. The third-order valence-electron chi connectivity index (χ3n) is 5.11. The van der Waals surface area contributed by atoms with Crippen molar-refractivity contribution in [3.63, 3.8) is 0 Å². The van der Waals surface area contributed by atoms with Gasteiger partial charge in [-0.3, -0.25) is 9.59 Å². The molecule has 2 saturated heterocycles. The van der Waals surface area contributed by atoms with E-state index in [1.165, 1.54) is 0 Å². The average molecular weight is 317 g/mol. The zero-order chi connectivity index (χ0) is 16.4. The first-order chi connectivity index (χ1) is 11.0. The van der Waals surface area contributed by atoms with E-state index in [-0.39, 0.29) is 18.4 Å². The molecule has 2 aliphatic heterocycles. The summed E-state index contributed by atoms with van der Waals surface area (Å²) in [6.07, 6.45) is 1.68. The number of carbonyl (C=O) groups excluding carboxylic acids is 1. The Labute approximate surface area is 136 Å². The second-order valence-electron chi connectivity index (χ2n) is 6.89. The molecule has 3 rings (SSSR count). The molecule has 1 aromatic carbocycles. The fourth-order valence-corrected chi connectivity index (χ4v) is 3.74. The molecule has 5 nitrogen and oxygen atoms in total. The van der Waals surface area contributed by atoms with Crippen LogP contribution in [0.15, 0.2) is 30.3 Å². The zero-order valence-corrected chi connectivity index (χ0v) is 13.4. The van der Waals surface area contributed by atoms with Crippen molar-refractivity contribution in [1.29, 1.82) is 0 Å². The number of likely N-dealkylation sites (tertiary alicyclic amines) is 1. The van der Waals surface area contributed by atoms with E-state index in [2.05, 4.69) is 0 Å². The minimum Gasteiger partial charge on any atom is -0.481 e. The number of hydrogen-bond donors (Lipinski definition) is 1. The van der Waals surface area contributed by atoms with Crippen molar-refractivity contribution in [2.24, 2.45) is 11.3 Å². The quantitative estimate of drug-likeness (QED) is 0.927. The van der Waals surface area contributed by atoms with Crippen molar-refractivity contribution in [2.75, 3.05) is 26.3 Å². The Hall–Kier alpha value is -1.88. The molecule has 1 amide bonds. The van der Waals surface area contributed by atoms with Crippen LogP contribution in [-0.2, 0) is 14.3 Å². The van der Waals surface area contributed by atoms with Gasteiger partial charge < -0.3 is 14.7 Å². The molecule has 0 saturated carbocycles. The van der Waals surface area contributed by atoms with Gasteiger partial charge in [0.1, 0.15) is 0 Å². The third kappa shape index (κ3) is 3.11. The van der Waals surface area contributed by atoms with Crippen molar-refractivity contribution in [1.82, 2.24) is 4.90 Å². The molecule has 2 fully saturated rings. The van der Waals surface area contributed by atoms with E-state index in [4.69, 9.17) is 4.74 Å². The van der Waals surface area contributed by atoms with Crippen LogP contribution in [0.5, 0.6) is 0 Å². The number of aliphatic carboxylic acids is 1. The number of hydrogen-bond acceptors (Lipinski definition) is 3. The molecular formula is C18H23NO4. The predicted octanol–water partition coefficient (Wildman–Crippen LogP) is 2.13. The second-order valence-corrected chi connectivity index (χ2v) is 6.89. The van der Waals surface area contributed by atoms with E-state index in [0.717, 1.165) is 18.4 Å². The number of benzene rings is 1. The summed E-state index contributed by atoms with van der Waals surface area (Å²) in [5.41, 5.74) is 0.465. The topological polar surface area (TPSA) is 66.8 Å². The molecule has 1 N–H and O–H groups in total. The lowest BCUT2D eigenvalue weighted by Crippen LogP contribution is -2.46. The Bertz CT molecular complexity index is 580. The lowest BCUT2D eigenvalue weighted by Gasteiger charge is -2.35. The van der Waals surface area contributed by atoms with Crippen molar-refractivity contribution >= 4 is 11.9 Å². The van der Waals surface area contributed by atoms with Crippen LogP contribution >= 0.6 is 0 Å². The van der Waals surface area contributed by atoms with Crippen molar-refractivity contribution in [3.8, 4) is 0 Å². The molecule has 2 heterocycles. The lowest BCUT2D eigenvalue weighted by molar-refractivity contribution is -0.148. The maximum atomic E-state index is 12.9. The summed E-state index contributed by atoms with van der Waals surface area (Å²) in [5, 5.41) is 9.56. The Balaban J connectivity index is 1.80. The molecule has 5 heteroatoms. The molecule has 124 valence electrons. The van der Waals surface area contributed by atoms with Crippen LogP contribution in [0.4, 0.5) is 0 Å². The van der Waals surface area contributed by atoms with E-state index >= 15 is 0 Å². The highest BCUT2D eigenvalue weighted by molar-refractivity contribution is 5.84. The molecule has 3 unspecified atom stereocenters. The van der Waals surface area contributed by atoms with Gasteiger partial charge in [0.05, 0.1) is 17.9 Å². The van der Waals surface area contributed by atoms with Crippen LogP contribution in [0.25, 0.3) is 0 Å². The SMILES string of the molecule is CC1(C(=O)N2CC(C(=O)O)C(c3ccccc3)C2)CCCOC1. The molecule has 0 bridgehead atoms. The van der Waals surface area contributed by atoms with Gasteiger partial charge in [-0.05, 0) is 25.3 Å². The number of ether oxygens (including phenoxy) is 1. The molecule has 0 radical (unpaired) electrons. The molecular weight excluding hydrogens is 294 g/mol. The highest BCUT2D eigenvalue weighted by atomic mass is 16.5. The van der Waals surface area contributed by atoms with E-state index in [0.29, 0.717) is 19.8 Å². The van der Waals surface area contributed by atoms with Crippen LogP contribution in [-0.4, -0.2) is 48.2 Å². The first-order valence-corrected chi connectivity index (χ1v) is 8.16. The Morgan fingerprint density at radius 3 is 2.61 bits per heavy atom. The number of carboxylic acids is 1. The third-order valence-corrected chi connectivity index (χ3v) is 5.11. The first-order valence-electron chi connectivity index (χ1n) is 8.16. The van der Waals surface area contributed by atoms with E-state index in [9.17, 15) is 14.7 Å². The largest absolute Gasteiger partial charge is 0.481 e. The zero-order valence-electron chi connectivity index (χ0n) is 13.4. The van der Waals surface area contributed by atoms with Gasteiger partial charge in [0.25, 0.3) is 0 Å². The summed E-state index contributed by atoms with van der Waals surface area (Å²) in [5.74, 6) is -1.50. The fraction of sp³-hybridized carbons (Fsp3) is 0.556. The van der Waals surface area contributed by atoms with Crippen molar-refractivity contribution in [3.05, 3.63) is 35.9 Å². The number of rotatable bonds is 3. The van der Waals surface area contributed by atoms with E-state index < -0.39 is 17.3 Å². The number of carboxylic acid groups (broad SMARTS) is 1. The predicted molar refractivity (Wildman–Crippen MR) is 85.0 cm³/mol. The maximum absolute atomic E-state index is 12.9. The molecule has 3 atom stereocenters. The average Bonchev–Trinajstić information content (AvgIpc) is 3.01. The Morgan fingerprint density at radius 2 is 2.00 bits per heavy atom. The molecule has 0 aromatic heterocycles. The molecule has 23 heavy (non-hydrogen) atoms. The molecule has 1 aromatic rings. The molecule has 0 aliphatic carbocycles. The maximum Gasteiger partial charge on any atom is 0.308 e. The number of carbonyl (C=O) groups is 2. The first kappa shape index (κ1) is 16.0. The Kier molecular flexibility index (Phi) is 4.39. The summed E-state index contributed by atoms with van der Waals surface area (Å²) in [6, 6.07) is 9.63. The van der Waals surface area contributed by atoms with Crippen LogP contribution in [0.2, 0.25) is 0 Å². The molecule has 2 aliphatic rings. The van der Waals surface area contributed by atoms with E-state index in [1.54, 1.807) is 4.90 Å². The standard InChI is InChI=1S/C18H23NO4/c1-18(8-5-9-23-12-18)17(22)19-10-14(15(11-19)16(20)21)13-6-3-2-4-7-13/h2-4,6-7,14-15H,5,8-12H2,1H3,(H,20,21). The van der Waals surface area contributed by atoms with Gasteiger partial charge in [0.2, 0.25) is 5.91 Å². The van der Waals surface area contributed by atoms with Crippen LogP contribution in [0.3, 0.4) is 0 Å². The molecule has 0 spiro atoms. The summed E-state index contributed by atoms with van der Waals surface area (Å²) < 4.78 is 5.49. The second kappa shape index (κ2) is 6.32. The van der Waals surface area contributed by atoms with Gasteiger partial charge in [0, 0.05) is 25.6 Å². The minimum absolute atomic E-state index is 0.0295. The normalized spacial score (nSPS) is 31.1. The smallest absolute Gasteiger partial charge is 0.308 e. The highest BCUT2D eigenvalue weighted by Gasteiger charge is 2.45. The minimum atomic E-state index is -0.834.